The van der Waals surface area contributed by atoms with Crippen molar-refractivity contribution in [1.82, 2.24) is 4.98 Å². The van der Waals surface area contributed by atoms with Crippen molar-refractivity contribution >= 4 is 15.9 Å². The molecule has 0 radical (unpaired) electrons. The maximum absolute atomic E-state index is 12.2. The lowest BCUT2D eigenvalue weighted by molar-refractivity contribution is -0.142. The van der Waals surface area contributed by atoms with E-state index >= 15 is 0 Å². The summed E-state index contributed by atoms with van der Waals surface area (Å²) in [6, 6.07) is 1.19. The normalized spacial score (nSPS) is 11.8. The Morgan fingerprint density at radius 1 is 1.46 bits per heavy atom. The minimum Gasteiger partial charge on any atom is -0.392 e. The zero-order valence-electron chi connectivity index (χ0n) is 6.27. The van der Waals surface area contributed by atoms with Gasteiger partial charge in [-0.2, -0.15) is 13.2 Å². The second kappa shape index (κ2) is 3.63. The molecule has 1 N–H and O–H groups in total. The highest BCUT2D eigenvalue weighted by molar-refractivity contribution is 9.10. The largest absolute Gasteiger partial charge is 0.433 e. The second-order valence-corrected chi connectivity index (χ2v) is 3.23. The fourth-order valence-electron chi connectivity index (χ4n) is 0.857. The third-order valence-electron chi connectivity index (χ3n) is 1.37. The first-order valence-corrected chi connectivity index (χ1v) is 4.07. The van der Waals surface area contributed by atoms with Gasteiger partial charge in [0.05, 0.1) is 6.61 Å². The van der Waals surface area contributed by atoms with Crippen molar-refractivity contribution < 1.29 is 18.3 Å². The van der Waals surface area contributed by atoms with Crippen LogP contribution >= 0.6 is 15.9 Å². The van der Waals surface area contributed by atoms with Crippen LogP contribution in [0.25, 0.3) is 0 Å². The average Bonchev–Trinajstić information content (AvgIpc) is 2.01. The summed E-state index contributed by atoms with van der Waals surface area (Å²) < 4.78 is 36.9. The van der Waals surface area contributed by atoms with E-state index in [1.807, 2.05) is 0 Å². The van der Waals surface area contributed by atoms with Gasteiger partial charge in [0.1, 0.15) is 5.69 Å². The molecule has 0 aliphatic rings. The molecule has 0 aliphatic carbocycles. The Labute approximate surface area is 80.5 Å². The highest BCUT2D eigenvalue weighted by Gasteiger charge is 2.34. The van der Waals surface area contributed by atoms with Crippen LogP contribution in [-0.4, -0.2) is 10.1 Å². The summed E-state index contributed by atoms with van der Waals surface area (Å²) in [6.45, 7) is -0.679. The summed E-state index contributed by atoms with van der Waals surface area (Å²) in [5.41, 5.74) is -1.28. The second-order valence-electron chi connectivity index (χ2n) is 2.32. The van der Waals surface area contributed by atoms with Crippen LogP contribution in [-0.2, 0) is 12.8 Å². The molecule has 0 amide bonds. The van der Waals surface area contributed by atoms with Gasteiger partial charge in [-0.3, -0.25) is 4.98 Å². The van der Waals surface area contributed by atoms with Crippen molar-refractivity contribution in [2.24, 2.45) is 0 Å². The van der Waals surface area contributed by atoms with Gasteiger partial charge in [0.2, 0.25) is 0 Å². The quantitative estimate of drug-likeness (QED) is 0.836. The lowest BCUT2D eigenvalue weighted by atomic mass is 10.2. The monoisotopic (exact) mass is 255 g/mol. The van der Waals surface area contributed by atoms with Gasteiger partial charge >= 0.3 is 6.18 Å². The molecular formula is C7H5BrF3NO. The van der Waals surface area contributed by atoms with E-state index in [-0.39, 0.29) is 5.56 Å². The third-order valence-corrected chi connectivity index (χ3v) is 1.81. The number of rotatable bonds is 1. The molecule has 72 valence electrons. The Bertz CT molecular complexity index is 313. The number of aromatic nitrogens is 1. The molecule has 1 heterocycles. The number of nitrogens with zero attached hydrogens (tertiary/aromatic N) is 1. The molecule has 0 bridgehead atoms. The first kappa shape index (κ1) is 10.5. The molecule has 13 heavy (non-hydrogen) atoms. The predicted molar refractivity (Wildman–Crippen MR) is 42.9 cm³/mol. The van der Waals surface area contributed by atoms with Crippen LogP contribution in [0.1, 0.15) is 11.3 Å². The van der Waals surface area contributed by atoms with Gasteiger partial charge in [-0.05, 0) is 22.0 Å². The number of aliphatic hydroxyl groups excluding tert-OH is 1. The molecule has 0 unspecified atom stereocenters. The number of pyridine rings is 1. The van der Waals surface area contributed by atoms with Gasteiger partial charge < -0.3 is 5.11 Å². The van der Waals surface area contributed by atoms with Gasteiger partial charge in [0.15, 0.2) is 0 Å². The molecule has 0 spiro atoms. The van der Waals surface area contributed by atoms with Crippen LogP contribution in [0.3, 0.4) is 0 Å². The third kappa shape index (κ3) is 2.41. The molecule has 0 fully saturated rings. The van der Waals surface area contributed by atoms with Crippen LogP contribution < -0.4 is 0 Å². The molecule has 0 aromatic carbocycles. The minimum atomic E-state index is -4.52. The number of hydrogen-bond donors (Lipinski definition) is 1. The molecule has 0 atom stereocenters. The molecular weight excluding hydrogens is 251 g/mol. The molecule has 1 aromatic rings. The zero-order chi connectivity index (χ0) is 10.1. The molecule has 2 nitrogen and oxygen atoms in total. The van der Waals surface area contributed by atoms with Crippen molar-refractivity contribution in [2.75, 3.05) is 0 Å². The van der Waals surface area contributed by atoms with Crippen LogP contribution in [0.5, 0.6) is 0 Å². The van der Waals surface area contributed by atoms with Crippen molar-refractivity contribution in [3.8, 4) is 0 Å². The number of halogens is 4. The van der Waals surface area contributed by atoms with Crippen LogP contribution in [0.4, 0.5) is 13.2 Å². The van der Waals surface area contributed by atoms with E-state index in [0.717, 1.165) is 6.20 Å². The van der Waals surface area contributed by atoms with E-state index in [1.165, 1.54) is 6.07 Å². The SMILES string of the molecule is OCc1cc(Br)cnc1C(F)(F)F. The predicted octanol–water partition coefficient (Wildman–Crippen LogP) is 2.36. The van der Waals surface area contributed by atoms with Gasteiger partial charge in [-0.25, -0.2) is 0 Å². The van der Waals surface area contributed by atoms with Crippen molar-refractivity contribution in [2.45, 2.75) is 12.8 Å². The van der Waals surface area contributed by atoms with Crippen molar-refractivity contribution in [1.29, 1.82) is 0 Å². The van der Waals surface area contributed by atoms with Crippen LogP contribution in [0.15, 0.2) is 16.7 Å². The number of hydrogen-bond acceptors (Lipinski definition) is 2. The molecule has 1 rings (SSSR count). The van der Waals surface area contributed by atoms with Crippen LogP contribution in [0, 0.1) is 0 Å². The van der Waals surface area contributed by atoms with E-state index < -0.39 is 18.5 Å². The Morgan fingerprint density at radius 3 is 2.54 bits per heavy atom. The first-order chi connectivity index (χ1) is 5.95. The highest BCUT2D eigenvalue weighted by Crippen LogP contribution is 2.31. The highest BCUT2D eigenvalue weighted by atomic mass is 79.9. The smallest absolute Gasteiger partial charge is 0.392 e. The molecule has 0 saturated carbocycles. The average molecular weight is 256 g/mol. The van der Waals surface area contributed by atoms with Gasteiger partial charge in [-0.15, -0.1) is 0 Å². The Morgan fingerprint density at radius 2 is 2.08 bits per heavy atom. The van der Waals surface area contributed by atoms with E-state index in [9.17, 15) is 13.2 Å². The van der Waals surface area contributed by atoms with Gasteiger partial charge in [0.25, 0.3) is 0 Å². The Balaban J connectivity index is 3.22. The maximum atomic E-state index is 12.2. The zero-order valence-corrected chi connectivity index (χ0v) is 7.85. The summed E-state index contributed by atoms with van der Waals surface area (Å²) in [5, 5.41) is 8.65. The fraction of sp³-hybridized carbons (Fsp3) is 0.286. The summed E-state index contributed by atoms with van der Waals surface area (Å²) in [6.07, 6.45) is -3.47. The van der Waals surface area contributed by atoms with Gasteiger partial charge in [0, 0.05) is 16.2 Å². The summed E-state index contributed by atoms with van der Waals surface area (Å²) in [5.74, 6) is 0. The standard InChI is InChI=1S/C7H5BrF3NO/c8-5-1-4(3-13)6(12-2-5)7(9,10)11/h1-2,13H,3H2. The fourth-order valence-corrected chi connectivity index (χ4v) is 1.24. The topological polar surface area (TPSA) is 33.1 Å². The molecule has 1 aromatic heterocycles. The minimum absolute atomic E-state index is 0.234. The number of aliphatic hydroxyl groups is 1. The Kier molecular flexibility index (Phi) is 2.92. The van der Waals surface area contributed by atoms with Crippen molar-refractivity contribution in [3.63, 3.8) is 0 Å². The molecule has 0 saturated heterocycles. The van der Waals surface area contributed by atoms with E-state index in [1.54, 1.807) is 0 Å². The summed E-state index contributed by atoms with van der Waals surface area (Å²) in [4.78, 5) is 3.19. The van der Waals surface area contributed by atoms with E-state index in [0.29, 0.717) is 4.47 Å². The van der Waals surface area contributed by atoms with Crippen LogP contribution in [0.2, 0.25) is 0 Å². The maximum Gasteiger partial charge on any atom is 0.433 e. The summed E-state index contributed by atoms with van der Waals surface area (Å²) in [7, 11) is 0. The first-order valence-electron chi connectivity index (χ1n) is 3.27. The molecule has 6 heteroatoms. The van der Waals surface area contributed by atoms with E-state index in [2.05, 4.69) is 20.9 Å². The molecule has 0 aliphatic heterocycles. The van der Waals surface area contributed by atoms with Crippen molar-refractivity contribution in [3.05, 3.63) is 28.0 Å². The lowest BCUT2D eigenvalue weighted by Gasteiger charge is -2.09. The lowest BCUT2D eigenvalue weighted by Crippen LogP contribution is -2.11. The summed E-state index contributed by atoms with van der Waals surface area (Å²) >= 11 is 2.96. The van der Waals surface area contributed by atoms with E-state index in [4.69, 9.17) is 5.11 Å². The Hall–Kier alpha value is -0.620. The van der Waals surface area contributed by atoms with Gasteiger partial charge in [-0.1, -0.05) is 0 Å². The number of alkyl halides is 3.